The van der Waals surface area contributed by atoms with Crippen LogP contribution in [0.15, 0.2) is 18.2 Å². The summed E-state index contributed by atoms with van der Waals surface area (Å²) >= 11 is 12.0. The molecule has 0 spiro atoms. The van der Waals surface area contributed by atoms with Crippen molar-refractivity contribution in [2.45, 2.75) is 19.9 Å². The second-order valence-corrected chi connectivity index (χ2v) is 4.80. The van der Waals surface area contributed by atoms with Gasteiger partial charge in [0.2, 0.25) is 5.91 Å². The van der Waals surface area contributed by atoms with Crippen molar-refractivity contribution in [3.05, 3.63) is 33.8 Å². The van der Waals surface area contributed by atoms with Gasteiger partial charge in [0, 0.05) is 20.2 Å². The summed E-state index contributed by atoms with van der Waals surface area (Å²) in [7, 11) is 1.72. The van der Waals surface area contributed by atoms with E-state index in [-0.39, 0.29) is 12.5 Å². The third-order valence-corrected chi connectivity index (χ3v) is 3.30. The topological polar surface area (TPSA) is 29.5 Å². The number of nitrogens with zero attached hydrogens (tertiary/aromatic N) is 1. The molecule has 18 heavy (non-hydrogen) atoms. The molecule has 0 aliphatic carbocycles. The maximum absolute atomic E-state index is 11.7. The Bertz CT molecular complexity index is 410. The molecule has 1 aromatic rings. The van der Waals surface area contributed by atoms with Gasteiger partial charge in [-0.2, -0.15) is 0 Å². The number of likely N-dealkylation sites (N-methyl/N-ethyl adjacent to an activating group) is 1. The molecule has 1 amide bonds. The summed E-state index contributed by atoms with van der Waals surface area (Å²) in [6, 6.07) is 5.39. The Hall–Kier alpha value is -0.770. The molecule has 0 N–H and O–H groups in total. The summed E-state index contributed by atoms with van der Waals surface area (Å²) in [5.41, 5.74) is 0.829. The smallest absolute Gasteiger partial charge is 0.248 e. The lowest BCUT2D eigenvalue weighted by Crippen LogP contribution is -2.30. The van der Waals surface area contributed by atoms with Crippen LogP contribution in [0.4, 0.5) is 0 Å². The number of halogens is 2. The van der Waals surface area contributed by atoms with Gasteiger partial charge in [0.25, 0.3) is 0 Å². The maximum atomic E-state index is 11.7. The average Bonchev–Trinajstić information content (AvgIpc) is 2.35. The highest BCUT2D eigenvalue weighted by molar-refractivity contribution is 6.42. The highest BCUT2D eigenvalue weighted by Gasteiger charge is 2.12. The fraction of sp³-hybridized carbons (Fsp3) is 0.462. The van der Waals surface area contributed by atoms with Crippen LogP contribution in [-0.2, 0) is 16.1 Å². The van der Waals surface area contributed by atoms with Crippen molar-refractivity contribution in [1.82, 2.24) is 4.90 Å². The Morgan fingerprint density at radius 2 is 2.11 bits per heavy atom. The van der Waals surface area contributed by atoms with E-state index in [0.29, 0.717) is 23.2 Å². The number of hydrogen-bond donors (Lipinski definition) is 0. The molecule has 0 aromatic heterocycles. The molecule has 0 unspecified atom stereocenters. The number of ether oxygens (including phenoxy) is 1. The monoisotopic (exact) mass is 289 g/mol. The zero-order valence-corrected chi connectivity index (χ0v) is 12.1. The molecule has 3 nitrogen and oxygen atoms in total. The number of rotatable bonds is 6. The molecular formula is C13H17Cl2NO2. The highest BCUT2D eigenvalue weighted by Crippen LogP contribution is 2.26. The van der Waals surface area contributed by atoms with Crippen molar-refractivity contribution in [3.63, 3.8) is 0 Å². The Kier molecular flexibility index (Phi) is 6.47. The van der Waals surface area contributed by atoms with E-state index in [1.807, 2.05) is 19.1 Å². The molecule has 0 heterocycles. The molecule has 0 bridgehead atoms. The molecule has 0 atom stereocenters. The van der Waals surface area contributed by atoms with Gasteiger partial charge in [-0.15, -0.1) is 0 Å². The number of benzene rings is 1. The number of carbonyl (C=O) groups excluding carboxylic acids is 1. The molecule has 0 radical (unpaired) electrons. The van der Waals surface area contributed by atoms with Crippen LogP contribution in [-0.4, -0.2) is 31.1 Å². The van der Waals surface area contributed by atoms with Crippen molar-refractivity contribution in [1.29, 1.82) is 0 Å². The van der Waals surface area contributed by atoms with Crippen molar-refractivity contribution in [2.75, 3.05) is 20.3 Å². The van der Waals surface area contributed by atoms with Crippen LogP contribution in [0, 0.1) is 0 Å². The lowest BCUT2D eigenvalue weighted by Gasteiger charge is -2.18. The molecule has 5 heteroatoms. The van der Waals surface area contributed by atoms with Gasteiger partial charge < -0.3 is 9.64 Å². The van der Waals surface area contributed by atoms with Crippen LogP contribution in [0.2, 0.25) is 10.0 Å². The van der Waals surface area contributed by atoms with Gasteiger partial charge in [0.15, 0.2) is 0 Å². The summed E-state index contributed by atoms with van der Waals surface area (Å²) in [6.45, 7) is 3.12. The SMILES string of the molecule is CCCOCC(=O)N(C)Cc1cccc(Cl)c1Cl. The quantitative estimate of drug-likeness (QED) is 0.752. The van der Waals surface area contributed by atoms with Crippen LogP contribution >= 0.6 is 23.2 Å². The zero-order chi connectivity index (χ0) is 13.5. The molecule has 1 aromatic carbocycles. The van der Waals surface area contributed by atoms with E-state index in [4.69, 9.17) is 27.9 Å². The normalized spacial score (nSPS) is 10.4. The van der Waals surface area contributed by atoms with E-state index in [0.717, 1.165) is 12.0 Å². The Labute approximate surface area is 118 Å². The van der Waals surface area contributed by atoms with Gasteiger partial charge in [-0.25, -0.2) is 0 Å². The minimum Gasteiger partial charge on any atom is -0.372 e. The van der Waals surface area contributed by atoms with Gasteiger partial charge >= 0.3 is 0 Å². The summed E-state index contributed by atoms with van der Waals surface area (Å²) in [5.74, 6) is -0.0699. The summed E-state index contributed by atoms with van der Waals surface area (Å²) in [5, 5.41) is 0.991. The predicted molar refractivity (Wildman–Crippen MR) is 74.0 cm³/mol. The lowest BCUT2D eigenvalue weighted by atomic mass is 10.2. The van der Waals surface area contributed by atoms with E-state index in [1.165, 1.54) is 0 Å². The molecule has 0 fully saturated rings. The van der Waals surface area contributed by atoms with Crippen LogP contribution < -0.4 is 0 Å². The standard InChI is InChI=1S/C13H17Cl2NO2/c1-3-7-18-9-12(17)16(2)8-10-5-4-6-11(14)13(10)15/h4-6H,3,7-9H2,1-2H3. The first-order valence-electron chi connectivity index (χ1n) is 5.80. The molecular weight excluding hydrogens is 273 g/mol. The minimum absolute atomic E-state index is 0.0699. The molecule has 100 valence electrons. The van der Waals surface area contributed by atoms with E-state index in [2.05, 4.69) is 0 Å². The van der Waals surface area contributed by atoms with Gasteiger partial charge in [0.05, 0.1) is 10.0 Å². The number of hydrogen-bond acceptors (Lipinski definition) is 2. The lowest BCUT2D eigenvalue weighted by molar-refractivity contribution is -0.135. The number of amides is 1. The van der Waals surface area contributed by atoms with E-state index >= 15 is 0 Å². The average molecular weight is 290 g/mol. The second-order valence-electron chi connectivity index (χ2n) is 4.02. The molecule has 0 aliphatic heterocycles. The second kappa shape index (κ2) is 7.62. The summed E-state index contributed by atoms with van der Waals surface area (Å²) in [4.78, 5) is 13.3. The number of carbonyl (C=O) groups is 1. The highest BCUT2D eigenvalue weighted by atomic mass is 35.5. The third-order valence-electron chi connectivity index (χ3n) is 2.44. The van der Waals surface area contributed by atoms with Crippen molar-refractivity contribution in [3.8, 4) is 0 Å². The first kappa shape index (κ1) is 15.3. The van der Waals surface area contributed by atoms with Crippen LogP contribution in [0.1, 0.15) is 18.9 Å². The van der Waals surface area contributed by atoms with Crippen LogP contribution in [0.5, 0.6) is 0 Å². The van der Waals surface area contributed by atoms with Crippen molar-refractivity contribution < 1.29 is 9.53 Å². The first-order valence-corrected chi connectivity index (χ1v) is 6.56. The summed E-state index contributed by atoms with van der Waals surface area (Å²) < 4.78 is 5.21. The van der Waals surface area contributed by atoms with Crippen LogP contribution in [0.25, 0.3) is 0 Å². The first-order chi connectivity index (χ1) is 8.56. The Morgan fingerprint density at radius 3 is 2.78 bits per heavy atom. The van der Waals surface area contributed by atoms with Gasteiger partial charge in [-0.3, -0.25) is 4.79 Å². The predicted octanol–water partition coefficient (Wildman–Crippen LogP) is 3.38. The molecule has 0 saturated heterocycles. The Balaban J connectivity index is 2.56. The molecule has 0 aliphatic rings. The van der Waals surface area contributed by atoms with Crippen molar-refractivity contribution in [2.24, 2.45) is 0 Å². The largest absolute Gasteiger partial charge is 0.372 e. The third kappa shape index (κ3) is 4.48. The van der Waals surface area contributed by atoms with Gasteiger partial charge in [0.1, 0.15) is 6.61 Å². The van der Waals surface area contributed by atoms with E-state index < -0.39 is 0 Å². The fourth-order valence-electron chi connectivity index (χ4n) is 1.43. The Morgan fingerprint density at radius 1 is 1.39 bits per heavy atom. The molecule has 1 rings (SSSR count). The van der Waals surface area contributed by atoms with Crippen molar-refractivity contribution >= 4 is 29.1 Å². The van der Waals surface area contributed by atoms with Crippen LogP contribution in [0.3, 0.4) is 0 Å². The minimum atomic E-state index is -0.0699. The van der Waals surface area contributed by atoms with E-state index in [9.17, 15) is 4.79 Å². The van der Waals surface area contributed by atoms with E-state index in [1.54, 1.807) is 18.0 Å². The van der Waals surface area contributed by atoms with Gasteiger partial charge in [-0.05, 0) is 18.1 Å². The molecule has 0 saturated carbocycles. The summed E-state index contributed by atoms with van der Waals surface area (Å²) in [6.07, 6.45) is 0.900. The maximum Gasteiger partial charge on any atom is 0.248 e. The fourth-order valence-corrected chi connectivity index (χ4v) is 1.81. The zero-order valence-electron chi connectivity index (χ0n) is 10.6. The van der Waals surface area contributed by atoms with Gasteiger partial charge in [-0.1, -0.05) is 42.3 Å².